The van der Waals surface area contributed by atoms with Gasteiger partial charge < -0.3 is 9.84 Å². The first kappa shape index (κ1) is 22.4. The second kappa shape index (κ2) is 10.2. The number of nitrogens with one attached hydrogen (secondary N) is 1. The van der Waals surface area contributed by atoms with E-state index in [9.17, 15) is 20.0 Å². The Bertz CT molecular complexity index is 1130. The fourth-order valence-electron chi connectivity index (χ4n) is 2.55. The van der Waals surface area contributed by atoms with Crippen LogP contribution in [0.15, 0.2) is 74.7 Å². The van der Waals surface area contributed by atoms with E-state index in [-0.39, 0.29) is 23.6 Å². The predicted molar refractivity (Wildman–Crippen MR) is 122 cm³/mol. The molecule has 158 valence electrons. The molecule has 0 spiro atoms. The summed E-state index contributed by atoms with van der Waals surface area (Å²) in [4.78, 5) is 22.3. The van der Waals surface area contributed by atoms with Crippen LogP contribution in [-0.2, 0) is 6.61 Å². The smallest absolute Gasteiger partial charge is 0.275 e. The molecule has 31 heavy (non-hydrogen) atoms. The van der Waals surface area contributed by atoms with Crippen molar-refractivity contribution in [3.05, 3.63) is 96.4 Å². The van der Waals surface area contributed by atoms with E-state index < -0.39 is 10.8 Å². The number of benzene rings is 3. The third-order valence-corrected chi connectivity index (χ3v) is 5.26. The third kappa shape index (κ3) is 5.89. The van der Waals surface area contributed by atoms with Crippen LogP contribution in [-0.4, -0.2) is 22.2 Å². The summed E-state index contributed by atoms with van der Waals surface area (Å²) in [5.41, 5.74) is 3.96. The zero-order valence-electron chi connectivity index (χ0n) is 15.8. The molecule has 0 aliphatic carbocycles. The van der Waals surface area contributed by atoms with Crippen LogP contribution in [0.2, 0.25) is 0 Å². The number of nitro groups is 1. The molecule has 3 aromatic rings. The van der Waals surface area contributed by atoms with E-state index in [0.717, 1.165) is 5.56 Å². The van der Waals surface area contributed by atoms with Crippen molar-refractivity contribution in [3.8, 4) is 11.5 Å². The molecule has 0 radical (unpaired) electrons. The Morgan fingerprint density at radius 3 is 2.39 bits per heavy atom. The molecular formula is C21H15Br2N3O5. The van der Waals surface area contributed by atoms with Gasteiger partial charge in [0, 0.05) is 12.1 Å². The van der Waals surface area contributed by atoms with Gasteiger partial charge in [0.1, 0.15) is 18.1 Å². The number of non-ortho nitro benzene ring substituents is 1. The van der Waals surface area contributed by atoms with Crippen molar-refractivity contribution >= 4 is 49.7 Å². The number of hydrogen-bond donors (Lipinski definition) is 2. The number of nitrogens with zero attached hydrogens (tertiary/aromatic N) is 2. The topological polar surface area (TPSA) is 114 Å². The minimum absolute atomic E-state index is 0.0179. The van der Waals surface area contributed by atoms with Gasteiger partial charge in [-0.15, -0.1) is 0 Å². The molecule has 8 nitrogen and oxygen atoms in total. The lowest BCUT2D eigenvalue weighted by molar-refractivity contribution is -0.384. The first-order chi connectivity index (χ1) is 14.8. The van der Waals surface area contributed by atoms with Crippen molar-refractivity contribution in [2.45, 2.75) is 6.61 Å². The van der Waals surface area contributed by atoms with Gasteiger partial charge in [-0.25, -0.2) is 5.43 Å². The summed E-state index contributed by atoms with van der Waals surface area (Å²) in [5.74, 6) is -0.112. The number of para-hydroxylation sites is 1. The normalized spacial score (nSPS) is 10.8. The van der Waals surface area contributed by atoms with Crippen LogP contribution in [0.3, 0.4) is 0 Å². The molecule has 1 amide bonds. The van der Waals surface area contributed by atoms with E-state index in [1.54, 1.807) is 36.4 Å². The molecule has 0 saturated heterocycles. The largest absolute Gasteiger partial charge is 0.507 e. The molecule has 0 heterocycles. The van der Waals surface area contributed by atoms with E-state index >= 15 is 0 Å². The average molecular weight is 549 g/mol. The number of amides is 1. The van der Waals surface area contributed by atoms with Gasteiger partial charge in [-0.2, -0.15) is 5.10 Å². The van der Waals surface area contributed by atoms with E-state index in [1.165, 1.54) is 30.5 Å². The molecular weight excluding hydrogens is 534 g/mol. The highest BCUT2D eigenvalue weighted by Crippen LogP contribution is 2.35. The third-order valence-electron chi connectivity index (χ3n) is 4.08. The summed E-state index contributed by atoms with van der Waals surface area (Å²) in [7, 11) is 0. The van der Waals surface area contributed by atoms with Crippen molar-refractivity contribution in [2.24, 2.45) is 5.10 Å². The number of rotatable bonds is 7. The minimum Gasteiger partial charge on any atom is -0.507 e. The van der Waals surface area contributed by atoms with Crippen molar-refractivity contribution in [1.29, 1.82) is 0 Å². The Labute approximate surface area is 194 Å². The van der Waals surface area contributed by atoms with Crippen LogP contribution < -0.4 is 10.2 Å². The number of phenolic OH excluding ortho intramolecular Hbond substituents is 1. The molecule has 0 atom stereocenters. The van der Waals surface area contributed by atoms with Crippen molar-refractivity contribution < 1.29 is 19.6 Å². The summed E-state index contributed by atoms with van der Waals surface area (Å²) in [6.45, 7) is 0.221. The fraction of sp³-hybridized carbons (Fsp3) is 0.0476. The summed E-state index contributed by atoms with van der Waals surface area (Å²) in [6, 6.07) is 15.8. The number of carbonyl (C=O) groups excluding carboxylic acids is 1. The molecule has 0 saturated carbocycles. The van der Waals surface area contributed by atoms with Gasteiger partial charge >= 0.3 is 0 Å². The molecule has 0 aliphatic heterocycles. The standard InChI is InChI=1S/C21H15Br2N3O5/c22-17-9-14(11-24-25-21(28)16-3-1-2-4-19(16)27)10-18(23)20(17)31-12-13-5-7-15(8-6-13)26(29)30/h1-11,27H,12H2,(H,25,28)/b24-11-. The fourth-order valence-corrected chi connectivity index (χ4v) is 4.00. The molecule has 3 aromatic carbocycles. The van der Waals surface area contributed by atoms with Crippen LogP contribution in [0.5, 0.6) is 11.5 Å². The molecule has 10 heteroatoms. The number of halogens is 2. The molecule has 0 fully saturated rings. The Morgan fingerprint density at radius 1 is 1.13 bits per heavy atom. The van der Waals surface area contributed by atoms with Crippen molar-refractivity contribution in [3.63, 3.8) is 0 Å². The van der Waals surface area contributed by atoms with Gasteiger partial charge in [0.2, 0.25) is 0 Å². The molecule has 0 unspecified atom stereocenters. The lowest BCUT2D eigenvalue weighted by Gasteiger charge is -2.11. The lowest BCUT2D eigenvalue weighted by Crippen LogP contribution is -2.17. The van der Waals surface area contributed by atoms with Crippen LogP contribution >= 0.6 is 31.9 Å². The van der Waals surface area contributed by atoms with Gasteiger partial charge in [-0.1, -0.05) is 12.1 Å². The SMILES string of the molecule is O=C(N/N=C\c1cc(Br)c(OCc2ccc([N+](=O)[O-])cc2)c(Br)c1)c1ccccc1O. The van der Waals surface area contributed by atoms with Gasteiger partial charge in [-0.05, 0) is 79.4 Å². The summed E-state index contributed by atoms with van der Waals surface area (Å²) in [6.07, 6.45) is 1.45. The van der Waals surface area contributed by atoms with Crippen molar-refractivity contribution in [1.82, 2.24) is 5.43 Å². The van der Waals surface area contributed by atoms with Gasteiger partial charge in [0.25, 0.3) is 11.6 Å². The van der Waals surface area contributed by atoms with E-state index in [0.29, 0.717) is 20.3 Å². The number of phenols is 1. The molecule has 0 aliphatic rings. The maximum Gasteiger partial charge on any atom is 0.275 e. The van der Waals surface area contributed by atoms with Crippen LogP contribution in [0.1, 0.15) is 21.5 Å². The van der Waals surface area contributed by atoms with Crippen LogP contribution in [0.25, 0.3) is 0 Å². The summed E-state index contributed by atoms with van der Waals surface area (Å²) in [5, 5.41) is 24.3. The lowest BCUT2D eigenvalue weighted by atomic mass is 10.2. The van der Waals surface area contributed by atoms with Gasteiger partial charge in [-0.3, -0.25) is 14.9 Å². The van der Waals surface area contributed by atoms with Crippen LogP contribution in [0.4, 0.5) is 5.69 Å². The number of ether oxygens (including phenoxy) is 1. The van der Waals surface area contributed by atoms with E-state index in [4.69, 9.17) is 4.74 Å². The number of hydrazone groups is 1. The molecule has 0 aromatic heterocycles. The first-order valence-corrected chi connectivity index (χ1v) is 10.4. The summed E-state index contributed by atoms with van der Waals surface area (Å²) < 4.78 is 7.12. The maximum atomic E-state index is 12.1. The second-order valence-corrected chi connectivity index (χ2v) is 7.95. The number of nitro benzene ring substituents is 1. The monoisotopic (exact) mass is 547 g/mol. The number of hydrogen-bond acceptors (Lipinski definition) is 6. The van der Waals surface area contributed by atoms with Gasteiger partial charge in [0.05, 0.1) is 25.6 Å². The zero-order chi connectivity index (χ0) is 22.4. The Balaban J connectivity index is 1.64. The Hall–Kier alpha value is -3.24. The van der Waals surface area contributed by atoms with E-state index in [1.807, 2.05) is 0 Å². The Kier molecular flexibility index (Phi) is 7.37. The number of aromatic hydroxyl groups is 1. The maximum absolute atomic E-state index is 12.1. The molecule has 3 rings (SSSR count). The molecule has 2 N–H and O–H groups in total. The van der Waals surface area contributed by atoms with Crippen LogP contribution in [0, 0.1) is 10.1 Å². The van der Waals surface area contributed by atoms with Crippen molar-refractivity contribution in [2.75, 3.05) is 0 Å². The average Bonchev–Trinajstić information content (AvgIpc) is 2.73. The summed E-state index contributed by atoms with van der Waals surface area (Å²) >= 11 is 6.89. The quantitative estimate of drug-likeness (QED) is 0.240. The minimum atomic E-state index is -0.532. The Morgan fingerprint density at radius 2 is 1.77 bits per heavy atom. The first-order valence-electron chi connectivity index (χ1n) is 8.81. The van der Waals surface area contributed by atoms with Gasteiger partial charge in [0.15, 0.2) is 0 Å². The predicted octanol–water partition coefficient (Wildman–Crippen LogP) is 5.17. The second-order valence-electron chi connectivity index (χ2n) is 6.24. The highest BCUT2D eigenvalue weighted by molar-refractivity contribution is 9.11. The number of carbonyl (C=O) groups is 1. The zero-order valence-corrected chi connectivity index (χ0v) is 19.0. The highest BCUT2D eigenvalue weighted by atomic mass is 79.9. The van der Waals surface area contributed by atoms with E-state index in [2.05, 4.69) is 42.4 Å². The highest BCUT2D eigenvalue weighted by Gasteiger charge is 2.11. The molecule has 0 bridgehead atoms.